The van der Waals surface area contributed by atoms with E-state index in [1.165, 1.54) is 7.11 Å². The largest absolute Gasteiger partial charge is 0.453 e. The van der Waals surface area contributed by atoms with Gasteiger partial charge in [0.05, 0.1) is 12.7 Å². The minimum atomic E-state index is -0.701. The molecule has 3 atom stereocenters. The Morgan fingerprint density at radius 2 is 2.09 bits per heavy atom. The Balaban J connectivity index is 1.89. The average Bonchev–Trinajstić information content (AvgIpc) is 2.56. The minimum absolute atomic E-state index is 0.141. The van der Waals surface area contributed by atoms with E-state index in [0.717, 1.165) is 24.8 Å². The lowest BCUT2D eigenvalue weighted by molar-refractivity contribution is -0.163. The van der Waals surface area contributed by atoms with Gasteiger partial charge in [-0.1, -0.05) is 56.2 Å². The molecule has 1 aliphatic heterocycles. The van der Waals surface area contributed by atoms with Gasteiger partial charge in [-0.2, -0.15) is 0 Å². The van der Waals surface area contributed by atoms with Crippen LogP contribution in [0.4, 0.5) is 0 Å². The summed E-state index contributed by atoms with van der Waals surface area (Å²) in [6.45, 7) is 2.56. The number of esters is 1. The van der Waals surface area contributed by atoms with Gasteiger partial charge in [0.2, 0.25) is 0 Å². The summed E-state index contributed by atoms with van der Waals surface area (Å²) in [6, 6.07) is 9.34. The average molecular weight is 304 g/mol. The third-order valence-electron chi connectivity index (χ3n) is 3.68. The van der Waals surface area contributed by atoms with Gasteiger partial charge >= 0.3 is 5.97 Å². The molecule has 0 saturated carbocycles. The molecule has 2 rings (SSSR count). The van der Waals surface area contributed by atoms with Gasteiger partial charge in [0.25, 0.3) is 0 Å². The molecule has 1 aromatic carbocycles. The van der Waals surface area contributed by atoms with Crippen LogP contribution in [0.1, 0.15) is 37.9 Å². The molecule has 0 saturated heterocycles. The van der Waals surface area contributed by atoms with E-state index in [1.54, 1.807) is 0 Å². The highest BCUT2D eigenvalue weighted by molar-refractivity contribution is 5.76. The quantitative estimate of drug-likeness (QED) is 0.572. The number of methoxy groups -OCH3 is 1. The fraction of sp³-hybridized carbons (Fsp3) is 0.500. The van der Waals surface area contributed by atoms with E-state index in [4.69, 9.17) is 14.2 Å². The van der Waals surface area contributed by atoms with E-state index in [-0.39, 0.29) is 18.2 Å². The van der Waals surface area contributed by atoms with Gasteiger partial charge in [0, 0.05) is 7.11 Å². The Kier molecular flexibility index (Phi) is 6.62. The second-order valence-corrected chi connectivity index (χ2v) is 5.40. The van der Waals surface area contributed by atoms with Crippen LogP contribution in [0.2, 0.25) is 0 Å². The van der Waals surface area contributed by atoms with Crippen molar-refractivity contribution in [3.8, 4) is 0 Å². The number of unbranched alkanes of at least 4 members (excludes halogenated alkanes) is 1. The molecule has 1 aliphatic rings. The fourth-order valence-electron chi connectivity index (χ4n) is 2.44. The van der Waals surface area contributed by atoms with Crippen LogP contribution in [0.5, 0.6) is 0 Å². The summed E-state index contributed by atoms with van der Waals surface area (Å²) in [5.41, 5.74) is 0.788. The summed E-state index contributed by atoms with van der Waals surface area (Å²) in [5, 5.41) is 0. The Morgan fingerprint density at radius 3 is 2.68 bits per heavy atom. The smallest absolute Gasteiger partial charge is 0.340 e. The number of carbonyl (C=O) groups excluding carboxylic acids is 1. The molecular formula is C18H24O4. The van der Waals surface area contributed by atoms with Crippen LogP contribution in [-0.2, 0) is 19.0 Å². The lowest BCUT2D eigenvalue weighted by Crippen LogP contribution is -2.31. The number of carbonyl (C=O) groups is 1. The number of rotatable bonds is 7. The molecule has 120 valence electrons. The summed E-state index contributed by atoms with van der Waals surface area (Å²) in [7, 11) is 1.51. The SMILES string of the molecule is CCCC[C@H]1C=C[C@H](OC(=O)[C@H](OC)c2ccccc2)CO1. The zero-order valence-electron chi connectivity index (χ0n) is 13.2. The third-order valence-corrected chi connectivity index (χ3v) is 3.68. The molecule has 0 unspecified atom stereocenters. The standard InChI is InChI=1S/C18H24O4/c1-3-4-10-15-11-12-16(13-21-15)22-18(19)17(20-2)14-8-6-5-7-9-14/h5-9,11-12,15-17H,3-4,10,13H2,1-2H3/t15-,16-,17+/m0/s1. The van der Waals surface area contributed by atoms with Gasteiger partial charge in [-0.3, -0.25) is 0 Å². The van der Waals surface area contributed by atoms with E-state index >= 15 is 0 Å². The summed E-state index contributed by atoms with van der Waals surface area (Å²) >= 11 is 0. The van der Waals surface area contributed by atoms with Crippen molar-refractivity contribution in [2.24, 2.45) is 0 Å². The molecule has 0 fully saturated rings. The molecule has 1 aromatic rings. The second-order valence-electron chi connectivity index (χ2n) is 5.40. The van der Waals surface area contributed by atoms with Crippen molar-refractivity contribution in [3.05, 3.63) is 48.0 Å². The van der Waals surface area contributed by atoms with Gasteiger partial charge in [0.15, 0.2) is 6.10 Å². The highest BCUT2D eigenvalue weighted by Crippen LogP contribution is 2.20. The Morgan fingerprint density at radius 1 is 1.32 bits per heavy atom. The second kappa shape index (κ2) is 8.71. The number of benzene rings is 1. The van der Waals surface area contributed by atoms with Crippen LogP contribution in [0.25, 0.3) is 0 Å². The number of hydrogen-bond acceptors (Lipinski definition) is 4. The zero-order valence-corrected chi connectivity index (χ0v) is 13.2. The molecule has 0 aliphatic carbocycles. The molecule has 0 radical (unpaired) electrons. The predicted octanol–water partition coefficient (Wildman–Crippen LogP) is 3.43. The van der Waals surface area contributed by atoms with Gasteiger partial charge in [0.1, 0.15) is 6.10 Å². The molecule has 0 N–H and O–H groups in total. The van der Waals surface area contributed by atoms with Crippen LogP contribution < -0.4 is 0 Å². The van der Waals surface area contributed by atoms with Crippen LogP contribution >= 0.6 is 0 Å². The summed E-state index contributed by atoms with van der Waals surface area (Å²) < 4.78 is 16.5. The predicted molar refractivity (Wildman–Crippen MR) is 84.5 cm³/mol. The van der Waals surface area contributed by atoms with Crippen molar-refractivity contribution in [1.29, 1.82) is 0 Å². The van der Waals surface area contributed by atoms with Crippen LogP contribution in [0.15, 0.2) is 42.5 Å². The van der Waals surface area contributed by atoms with E-state index < -0.39 is 6.10 Å². The topological polar surface area (TPSA) is 44.8 Å². The van der Waals surface area contributed by atoms with Crippen molar-refractivity contribution in [2.75, 3.05) is 13.7 Å². The first-order valence-electron chi connectivity index (χ1n) is 7.82. The zero-order chi connectivity index (χ0) is 15.8. The molecule has 4 nitrogen and oxygen atoms in total. The molecule has 0 spiro atoms. The lowest BCUT2D eigenvalue weighted by Gasteiger charge is -2.25. The first kappa shape index (κ1) is 16.7. The first-order chi connectivity index (χ1) is 10.7. The highest BCUT2D eigenvalue weighted by Gasteiger charge is 2.26. The Labute approximate surface area is 132 Å². The number of ether oxygens (including phenoxy) is 3. The van der Waals surface area contributed by atoms with Gasteiger partial charge in [-0.25, -0.2) is 4.79 Å². The van der Waals surface area contributed by atoms with Crippen molar-refractivity contribution < 1.29 is 19.0 Å². The number of hydrogen-bond donors (Lipinski definition) is 0. The van der Waals surface area contributed by atoms with Crippen molar-refractivity contribution in [3.63, 3.8) is 0 Å². The van der Waals surface area contributed by atoms with Gasteiger partial charge < -0.3 is 14.2 Å². The molecule has 0 aromatic heterocycles. The maximum absolute atomic E-state index is 12.3. The maximum Gasteiger partial charge on any atom is 0.340 e. The van der Waals surface area contributed by atoms with Gasteiger partial charge in [-0.15, -0.1) is 0 Å². The summed E-state index contributed by atoms with van der Waals surface area (Å²) in [6.07, 6.45) is 6.30. The monoisotopic (exact) mass is 304 g/mol. The van der Waals surface area contributed by atoms with Crippen LogP contribution in [-0.4, -0.2) is 31.9 Å². The maximum atomic E-state index is 12.3. The Hall–Kier alpha value is -1.65. The lowest BCUT2D eigenvalue weighted by atomic mass is 10.1. The van der Waals surface area contributed by atoms with E-state index in [0.29, 0.717) is 6.61 Å². The molecular weight excluding hydrogens is 280 g/mol. The first-order valence-corrected chi connectivity index (χ1v) is 7.82. The molecule has 0 bridgehead atoms. The molecule has 4 heteroatoms. The summed E-state index contributed by atoms with van der Waals surface area (Å²) in [5.74, 6) is -0.390. The Bertz CT molecular complexity index is 483. The van der Waals surface area contributed by atoms with E-state index in [9.17, 15) is 4.79 Å². The normalized spacial score (nSPS) is 22.3. The summed E-state index contributed by atoms with van der Waals surface area (Å²) in [4.78, 5) is 12.3. The van der Waals surface area contributed by atoms with Crippen LogP contribution in [0, 0.1) is 0 Å². The molecule has 0 amide bonds. The molecule has 1 heterocycles. The van der Waals surface area contributed by atoms with Crippen molar-refractivity contribution >= 4 is 5.97 Å². The van der Waals surface area contributed by atoms with Crippen LogP contribution in [0.3, 0.4) is 0 Å². The van der Waals surface area contributed by atoms with Crippen molar-refractivity contribution in [2.45, 2.75) is 44.5 Å². The van der Waals surface area contributed by atoms with E-state index in [2.05, 4.69) is 6.92 Å². The van der Waals surface area contributed by atoms with Crippen molar-refractivity contribution in [1.82, 2.24) is 0 Å². The van der Waals surface area contributed by atoms with Gasteiger partial charge in [-0.05, 0) is 18.1 Å². The molecule has 22 heavy (non-hydrogen) atoms. The fourth-order valence-corrected chi connectivity index (χ4v) is 2.44. The third kappa shape index (κ3) is 4.68. The highest BCUT2D eigenvalue weighted by atomic mass is 16.6. The van der Waals surface area contributed by atoms with E-state index in [1.807, 2.05) is 42.5 Å². The minimum Gasteiger partial charge on any atom is -0.453 e.